The molecule has 6 nitrogen and oxygen atoms in total. The fourth-order valence-electron chi connectivity index (χ4n) is 3.76. The maximum atomic E-state index is 12.9. The highest BCUT2D eigenvalue weighted by atomic mass is 32.2. The number of hydrogen-bond acceptors (Lipinski definition) is 6. The highest BCUT2D eigenvalue weighted by molar-refractivity contribution is 7.92. The molecule has 0 saturated carbocycles. The molecule has 0 aliphatic carbocycles. The third-order valence-electron chi connectivity index (χ3n) is 5.23. The average molecular weight is 418 g/mol. The van der Waals surface area contributed by atoms with Crippen LogP contribution in [0.2, 0.25) is 0 Å². The second-order valence-corrected chi connectivity index (χ2v) is 10.5. The van der Waals surface area contributed by atoms with Crippen LogP contribution in [0.3, 0.4) is 0 Å². The number of carboxylic acids is 1. The molecular formula is C20H19NO5S2. The minimum absolute atomic E-state index is 0.0416. The molecule has 2 aromatic heterocycles. The van der Waals surface area contributed by atoms with Crippen LogP contribution < -0.4 is 0 Å². The van der Waals surface area contributed by atoms with Crippen molar-refractivity contribution < 1.29 is 22.7 Å². The Morgan fingerprint density at radius 3 is 2.54 bits per heavy atom. The van der Waals surface area contributed by atoms with Crippen LogP contribution in [0.25, 0.3) is 21.7 Å². The lowest BCUT2D eigenvalue weighted by atomic mass is 9.95. The number of aliphatic carboxylic acids is 1. The zero-order valence-electron chi connectivity index (χ0n) is 15.0. The molecule has 1 fully saturated rings. The summed E-state index contributed by atoms with van der Waals surface area (Å²) in [5.74, 6) is -1.04. The molecule has 0 spiro atoms. The molecule has 1 aromatic carbocycles. The third kappa shape index (κ3) is 3.27. The van der Waals surface area contributed by atoms with Crippen molar-refractivity contribution in [3.8, 4) is 21.7 Å². The maximum Gasteiger partial charge on any atom is 0.305 e. The van der Waals surface area contributed by atoms with Crippen molar-refractivity contribution >= 4 is 27.1 Å². The molecule has 28 heavy (non-hydrogen) atoms. The second kappa shape index (κ2) is 7.18. The molecule has 1 atom stereocenters. The Bertz CT molecular complexity index is 1080. The van der Waals surface area contributed by atoms with E-state index in [0.717, 1.165) is 21.7 Å². The molecule has 8 heteroatoms. The molecule has 0 amide bonds. The van der Waals surface area contributed by atoms with Gasteiger partial charge >= 0.3 is 5.97 Å². The predicted octanol–water partition coefficient (Wildman–Crippen LogP) is 4.34. The normalized spacial score (nSPS) is 21.4. The van der Waals surface area contributed by atoms with Gasteiger partial charge in [-0.3, -0.25) is 4.79 Å². The number of oxazole rings is 1. The largest absolute Gasteiger partial charge is 0.481 e. The molecular weight excluding hydrogens is 398 g/mol. The average Bonchev–Trinajstić information content (AvgIpc) is 3.35. The Morgan fingerprint density at radius 1 is 1.14 bits per heavy atom. The van der Waals surface area contributed by atoms with Crippen molar-refractivity contribution in [1.82, 2.24) is 4.98 Å². The van der Waals surface area contributed by atoms with Gasteiger partial charge in [0.15, 0.2) is 16.2 Å². The zero-order chi connectivity index (χ0) is 19.8. The molecule has 0 unspecified atom stereocenters. The van der Waals surface area contributed by atoms with Crippen molar-refractivity contribution in [1.29, 1.82) is 0 Å². The zero-order valence-corrected chi connectivity index (χ0v) is 16.6. The summed E-state index contributed by atoms with van der Waals surface area (Å²) >= 11 is 1.36. The lowest BCUT2D eigenvalue weighted by Gasteiger charge is -2.34. The van der Waals surface area contributed by atoms with E-state index in [2.05, 4.69) is 4.98 Å². The van der Waals surface area contributed by atoms with Crippen LogP contribution in [0.5, 0.6) is 0 Å². The highest BCUT2D eigenvalue weighted by Crippen LogP contribution is 2.47. The van der Waals surface area contributed by atoms with Gasteiger partial charge in [-0.15, -0.1) is 11.3 Å². The Morgan fingerprint density at radius 2 is 1.89 bits per heavy atom. The van der Waals surface area contributed by atoms with E-state index in [0.29, 0.717) is 24.1 Å². The Labute approximate surface area is 166 Å². The third-order valence-corrected chi connectivity index (χ3v) is 9.28. The maximum absolute atomic E-state index is 12.9. The first kappa shape index (κ1) is 18.9. The van der Waals surface area contributed by atoms with Crippen LogP contribution >= 0.6 is 11.3 Å². The van der Waals surface area contributed by atoms with Crippen molar-refractivity contribution in [3.63, 3.8) is 0 Å². The minimum Gasteiger partial charge on any atom is -0.481 e. The first-order valence-corrected chi connectivity index (χ1v) is 11.4. The number of benzene rings is 1. The first-order valence-electron chi connectivity index (χ1n) is 8.95. The first-order chi connectivity index (χ1) is 13.4. The van der Waals surface area contributed by atoms with Crippen molar-refractivity contribution in [2.45, 2.75) is 30.4 Å². The van der Waals surface area contributed by atoms with E-state index in [4.69, 9.17) is 4.42 Å². The van der Waals surface area contributed by atoms with Crippen LogP contribution in [-0.2, 0) is 19.4 Å². The molecule has 0 radical (unpaired) electrons. The molecule has 1 aliphatic heterocycles. The Kier molecular flexibility index (Phi) is 4.84. The molecule has 0 bridgehead atoms. The molecule has 146 valence electrons. The van der Waals surface area contributed by atoms with E-state index in [1.807, 2.05) is 30.3 Å². The number of carbonyl (C=O) groups is 1. The lowest BCUT2D eigenvalue weighted by Crippen LogP contribution is -2.41. The summed E-state index contributed by atoms with van der Waals surface area (Å²) in [6, 6.07) is 11.4. The quantitative estimate of drug-likeness (QED) is 0.663. The van der Waals surface area contributed by atoms with Gasteiger partial charge in [-0.1, -0.05) is 30.7 Å². The summed E-state index contributed by atoms with van der Waals surface area (Å²) < 4.78 is 29.5. The van der Waals surface area contributed by atoms with Crippen molar-refractivity contribution in [2.24, 2.45) is 0 Å². The summed E-state index contributed by atoms with van der Waals surface area (Å²) in [6.07, 6.45) is 4.22. The number of hydrogen-bond donors (Lipinski definition) is 1. The van der Waals surface area contributed by atoms with E-state index in [1.54, 1.807) is 12.3 Å². The lowest BCUT2D eigenvalue weighted by molar-refractivity contribution is -0.137. The number of nitrogens with zero attached hydrogens (tertiary/aromatic N) is 1. The van der Waals surface area contributed by atoms with Gasteiger partial charge in [0.05, 0.1) is 12.2 Å². The summed E-state index contributed by atoms with van der Waals surface area (Å²) in [7, 11) is -3.53. The minimum atomic E-state index is -3.53. The second-order valence-electron chi connectivity index (χ2n) is 6.96. The van der Waals surface area contributed by atoms with E-state index < -0.39 is 20.6 Å². The molecule has 1 saturated heterocycles. The number of aromatic nitrogens is 1. The Balaban J connectivity index is 1.70. The fourth-order valence-corrected chi connectivity index (χ4v) is 7.54. The van der Waals surface area contributed by atoms with Gasteiger partial charge in [0.1, 0.15) is 16.7 Å². The molecule has 3 heterocycles. The van der Waals surface area contributed by atoms with Gasteiger partial charge in [-0.05, 0) is 30.5 Å². The van der Waals surface area contributed by atoms with Crippen molar-refractivity contribution in [2.75, 3.05) is 5.75 Å². The van der Waals surface area contributed by atoms with Crippen LogP contribution in [0.15, 0.2) is 53.5 Å². The summed E-state index contributed by atoms with van der Waals surface area (Å²) in [6.45, 7) is 0. The number of thiophene rings is 1. The molecule has 3 aromatic rings. The standard InChI is InChI=1S/C20H19NO5S2/c22-19(23)11-20(9-1-2-10-28(20,24)25)18-8-7-17(27-18)15-5-3-14(4-6-15)16-12-26-13-21-16/h3-8,12-13H,1-2,9-11H2,(H,22,23)/t20-/m0/s1. The monoisotopic (exact) mass is 417 g/mol. The summed E-state index contributed by atoms with van der Waals surface area (Å²) in [5, 5.41) is 9.40. The van der Waals surface area contributed by atoms with E-state index in [-0.39, 0.29) is 12.2 Å². The van der Waals surface area contributed by atoms with Crippen LogP contribution in [0.4, 0.5) is 0 Å². The SMILES string of the molecule is O=C(O)C[C@]1(c2ccc(-c3ccc(-c4cocn4)cc3)s2)CCCCS1(=O)=O. The van der Waals surface area contributed by atoms with Gasteiger partial charge in [0, 0.05) is 15.3 Å². The number of rotatable bonds is 5. The van der Waals surface area contributed by atoms with E-state index in [1.165, 1.54) is 17.7 Å². The molecule has 1 N–H and O–H groups in total. The van der Waals surface area contributed by atoms with Gasteiger partial charge in [0.2, 0.25) is 0 Å². The van der Waals surface area contributed by atoms with Gasteiger partial charge < -0.3 is 9.52 Å². The topological polar surface area (TPSA) is 97.5 Å². The smallest absolute Gasteiger partial charge is 0.305 e. The van der Waals surface area contributed by atoms with Gasteiger partial charge in [-0.2, -0.15) is 0 Å². The van der Waals surface area contributed by atoms with Crippen LogP contribution in [0, 0.1) is 0 Å². The molecule has 4 rings (SSSR count). The van der Waals surface area contributed by atoms with Crippen molar-refractivity contribution in [3.05, 3.63) is 53.9 Å². The van der Waals surface area contributed by atoms with E-state index in [9.17, 15) is 18.3 Å². The number of sulfone groups is 1. The van der Waals surface area contributed by atoms with E-state index >= 15 is 0 Å². The van der Waals surface area contributed by atoms with Crippen LogP contribution in [0.1, 0.15) is 30.6 Å². The van der Waals surface area contributed by atoms with Gasteiger partial charge in [-0.25, -0.2) is 13.4 Å². The highest BCUT2D eigenvalue weighted by Gasteiger charge is 2.49. The number of carboxylic acid groups (broad SMARTS) is 1. The Hall–Kier alpha value is -2.45. The summed E-state index contributed by atoms with van der Waals surface area (Å²) in [4.78, 5) is 17.1. The van der Waals surface area contributed by atoms with Crippen LogP contribution in [-0.4, -0.2) is 30.2 Å². The fraction of sp³-hybridized carbons (Fsp3) is 0.300. The molecule has 1 aliphatic rings. The van der Waals surface area contributed by atoms with Gasteiger partial charge in [0.25, 0.3) is 0 Å². The predicted molar refractivity (Wildman–Crippen MR) is 107 cm³/mol. The summed E-state index contributed by atoms with van der Waals surface area (Å²) in [5.41, 5.74) is 2.61.